The van der Waals surface area contributed by atoms with E-state index in [9.17, 15) is 9.59 Å². The fraction of sp³-hybridized carbons (Fsp3) is 0.333. The van der Waals surface area contributed by atoms with Gasteiger partial charge >= 0.3 is 0 Å². The number of benzene rings is 2. The lowest BCUT2D eigenvalue weighted by Gasteiger charge is -2.38. The van der Waals surface area contributed by atoms with E-state index in [0.29, 0.717) is 23.5 Å². The molecule has 0 amide bonds. The first-order chi connectivity index (χ1) is 14.9. The Kier molecular flexibility index (Phi) is 5.43. The first-order valence-electron chi connectivity index (χ1n) is 9.92. The number of halogens is 1. The van der Waals surface area contributed by atoms with Crippen LogP contribution in [0.2, 0.25) is 5.02 Å². The van der Waals surface area contributed by atoms with E-state index in [2.05, 4.69) is 0 Å². The summed E-state index contributed by atoms with van der Waals surface area (Å²) in [5.41, 5.74) is 0.0849. The standard InChI is InChI=1S/C24H23ClO6/c1-13-10-16(26)15(11-14-8-6-5-7-9-14)23(30-4)24(13)22(27)19-17(28-2)12-18(29-3)20(25)21(19)31-24/h5-9,12-13H,10-11H2,1-4H3/t13-,24-/m1/s1. The smallest absolute Gasteiger partial charge is 0.231 e. The van der Waals surface area contributed by atoms with Crippen molar-refractivity contribution in [2.45, 2.75) is 25.4 Å². The molecule has 1 aliphatic carbocycles. The molecule has 0 N–H and O–H groups in total. The number of carbonyl (C=O) groups excluding carboxylic acids is 2. The second kappa shape index (κ2) is 7.93. The molecule has 1 aliphatic heterocycles. The summed E-state index contributed by atoms with van der Waals surface area (Å²) in [5.74, 6) is 0.141. The van der Waals surface area contributed by atoms with Gasteiger partial charge in [0.1, 0.15) is 22.1 Å². The van der Waals surface area contributed by atoms with Crippen LogP contribution in [0.3, 0.4) is 0 Å². The van der Waals surface area contributed by atoms with Gasteiger partial charge in [0.15, 0.2) is 17.3 Å². The summed E-state index contributed by atoms with van der Waals surface area (Å²) in [6.45, 7) is 1.80. The second-order valence-corrected chi connectivity index (χ2v) is 8.05. The maximum absolute atomic E-state index is 13.9. The summed E-state index contributed by atoms with van der Waals surface area (Å²) in [4.78, 5) is 26.9. The van der Waals surface area contributed by atoms with Crippen molar-refractivity contribution in [1.29, 1.82) is 0 Å². The number of ether oxygens (including phenoxy) is 4. The topological polar surface area (TPSA) is 71.1 Å². The average molecular weight is 443 g/mol. The van der Waals surface area contributed by atoms with E-state index in [0.717, 1.165) is 5.56 Å². The van der Waals surface area contributed by atoms with E-state index in [1.807, 2.05) is 30.3 Å². The van der Waals surface area contributed by atoms with Crippen LogP contribution < -0.4 is 14.2 Å². The number of rotatable bonds is 5. The molecule has 2 atom stereocenters. The van der Waals surface area contributed by atoms with Gasteiger partial charge in [0.25, 0.3) is 0 Å². The zero-order valence-corrected chi connectivity index (χ0v) is 18.5. The Labute approximate surface area is 185 Å². The van der Waals surface area contributed by atoms with Gasteiger partial charge in [-0.1, -0.05) is 48.9 Å². The van der Waals surface area contributed by atoms with Crippen molar-refractivity contribution in [1.82, 2.24) is 0 Å². The molecule has 0 bridgehead atoms. The van der Waals surface area contributed by atoms with Gasteiger partial charge in [0.2, 0.25) is 11.4 Å². The van der Waals surface area contributed by atoms with Gasteiger partial charge in [0, 0.05) is 30.4 Å². The zero-order chi connectivity index (χ0) is 22.3. The molecule has 7 heteroatoms. The third-order valence-electron chi connectivity index (χ3n) is 5.98. The van der Waals surface area contributed by atoms with E-state index in [-0.39, 0.29) is 40.1 Å². The van der Waals surface area contributed by atoms with Crippen LogP contribution >= 0.6 is 11.6 Å². The molecule has 0 radical (unpaired) electrons. The highest BCUT2D eigenvalue weighted by Gasteiger charge is 2.61. The second-order valence-electron chi connectivity index (χ2n) is 7.67. The van der Waals surface area contributed by atoms with Crippen LogP contribution in [0, 0.1) is 5.92 Å². The van der Waals surface area contributed by atoms with Crippen molar-refractivity contribution in [3.05, 3.63) is 63.9 Å². The number of carbonyl (C=O) groups is 2. The van der Waals surface area contributed by atoms with Crippen LogP contribution in [0.4, 0.5) is 0 Å². The summed E-state index contributed by atoms with van der Waals surface area (Å²) >= 11 is 6.50. The molecule has 0 fully saturated rings. The van der Waals surface area contributed by atoms with Crippen LogP contribution in [-0.2, 0) is 16.0 Å². The normalized spacial score (nSPS) is 22.4. The minimum absolute atomic E-state index is 0.0678. The first kappa shape index (κ1) is 21.2. The van der Waals surface area contributed by atoms with E-state index >= 15 is 0 Å². The molecule has 0 saturated carbocycles. The van der Waals surface area contributed by atoms with Crippen molar-refractivity contribution in [3.63, 3.8) is 0 Å². The quantitative estimate of drug-likeness (QED) is 0.682. The lowest BCUT2D eigenvalue weighted by molar-refractivity contribution is -0.119. The molecule has 0 saturated heterocycles. The molecule has 2 aromatic carbocycles. The fourth-order valence-electron chi connectivity index (χ4n) is 4.45. The number of fused-ring (bicyclic) bond motifs is 1. The monoisotopic (exact) mass is 442 g/mol. The molecule has 2 aromatic rings. The van der Waals surface area contributed by atoms with Gasteiger partial charge in [-0.25, -0.2) is 0 Å². The molecule has 6 nitrogen and oxygen atoms in total. The summed E-state index contributed by atoms with van der Waals surface area (Å²) in [6.07, 6.45) is 0.477. The Hall–Kier alpha value is -2.99. The van der Waals surface area contributed by atoms with E-state index in [1.54, 1.807) is 13.0 Å². The molecular weight excluding hydrogens is 420 g/mol. The van der Waals surface area contributed by atoms with Gasteiger partial charge in [-0.2, -0.15) is 0 Å². The summed E-state index contributed by atoms with van der Waals surface area (Å²) in [6, 6.07) is 11.1. The van der Waals surface area contributed by atoms with Crippen molar-refractivity contribution in [3.8, 4) is 17.2 Å². The van der Waals surface area contributed by atoms with Gasteiger partial charge in [-0.3, -0.25) is 9.59 Å². The third kappa shape index (κ3) is 3.08. The molecule has 162 valence electrons. The molecule has 2 aliphatic rings. The number of Topliss-reactive ketones (excluding diaryl/α,β-unsaturated/α-hetero) is 2. The average Bonchev–Trinajstić information content (AvgIpc) is 3.08. The number of hydrogen-bond donors (Lipinski definition) is 0. The Morgan fingerprint density at radius 3 is 2.35 bits per heavy atom. The van der Waals surface area contributed by atoms with Crippen LogP contribution in [0.1, 0.15) is 29.3 Å². The molecule has 4 rings (SSSR count). The predicted molar refractivity (Wildman–Crippen MR) is 115 cm³/mol. The lowest BCUT2D eigenvalue weighted by atomic mass is 9.72. The van der Waals surface area contributed by atoms with Crippen molar-refractivity contribution >= 4 is 23.2 Å². The van der Waals surface area contributed by atoms with Gasteiger partial charge in [0.05, 0.1) is 21.3 Å². The molecule has 0 aromatic heterocycles. The maximum atomic E-state index is 13.9. The van der Waals surface area contributed by atoms with Crippen molar-refractivity contribution in [2.24, 2.45) is 5.92 Å². The number of allylic oxidation sites excluding steroid dienone is 1. The van der Waals surface area contributed by atoms with Crippen LogP contribution in [-0.4, -0.2) is 38.5 Å². The number of methoxy groups -OCH3 is 3. The molecule has 1 heterocycles. The minimum Gasteiger partial charge on any atom is -0.496 e. The van der Waals surface area contributed by atoms with Gasteiger partial charge < -0.3 is 18.9 Å². The third-order valence-corrected chi connectivity index (χ3v) is 6.34. The highest BCUT2D eigenvalue weighted by atomic mass is 35.5. The first-order valence-corrected chi connectivity index (χ1v) is 10.3. The van der Waals surface area contributed by atoms with Crippen molar-refractivity contribution < 1.29 is 28.5 Å². The molecule has 1 spiro atoms. The van der Waals surface area contributed by atoms with Crippen molar-refractivity contribution in [2.75, 3.05) is 21.3 Å². The fourth-order valence-corrected chi connectivity index (χ4v) is 4.71. The summed E-state index contributed by atoms with van der Waals surface area (Å²) < 4.78 is 22.8. The highest BCUT2D eigenvalue weighted by molar-refractivity contribution is 6.35. The molecule has 31 heavy (non-hydrogen) atoms. The lowest BCUT2D eigenvalue weighted by Crippen LogP contribution is -2.53. The van der Waals surface area contributed by atoms with Crippen LogP contribution in [0.25, 0.3) is 0 Å². The van der Waals surface area contributed by atoms with Gasteiger partial charge in [-0.15, -0.1) is 0 Å². The molecule has 0 unspecified atom stereocenters. The summed E-state index contributed by atoms with van der Waals surface area (Å²) in [5, 5.41) is 0.174. The zero-order valence-electron chi connectivity index (χ0n) is 17.8. The Morgan fingerprint density at radius 1 is 1.06 bits per heavy atom. The number of ketones is 2. The van der Waals surface area contributed by atoms with E-state index in [4.69, 9.17) is 30.5 Å². The minimum atomic E-state index is -1.50. The largest absolute Gasteiger partial charge is 0.496 e. The van der Waals surface area contributed by atoms with Crippen LogP contribution in [0.15, 0.2) is 47.7 Å². The van der Waals surface area contributed by atoms with Gasteiger partial charge in [-0.05, 0) is 5.56 Å². The predicted octanol–water partition coefficient (Wildman–Crippen LogP) is 4.42. The Morgan fingerprint density at radius 2 is 1.74 bits per heavy atom. The highest BCUT2D eigenvalue weighted by Crippen LogP contribution is 2.55. The Balaban J connectivity index is 1.92. The van der Waals surface area contributed by atoms with Crippen LogP contribution in [0.5, 0.6) is 17.2 Å². The number of hydrogen-bond acceptors (Lipinski definition) is 6. The molecular formula is C24H23ClO6. The van der Waals surface area contributed by atoms with E-state index in [1.165, 1.54) is 21.3 Å². The van der Waals surface area contributed by atoms with E-state index < -0.39 is 11.5 Å². The maximum Gasteiger partial charge on any atom is 0.231 e. The SMILES string of the molecule is COC1=C(Cc2ccccc2)C(=O)C[C@@H](C)[C@]12Oc1c(Cl)c(OC)cc(OC)c1C2=O. The Bertz CT molecular complexity index is 1090. The summed E-state index contributed by atoms with van der Waals surface area (Å²) in [7, 11) is 4.38.